The molecule has 1 aromatic carbocycles. The van der Waals surface area contributed by atoms with Crippen LogP contribution in [-0.2, 0) is 14.4 Å². The average molecular weight is 247 g/mol. The van der Waals surface area contributed by atoms with Crippen LogP contribution in [0.2, 0.25) is 0 Å². The highest BCUT2D eigenvalue weighted by Crippen LogP contribution is 2.28. The van der Waals surface area contributed by atoms with Crippen molar-refractivity contribution in [3.63, 3.8) is 0 Å². The topological polar surface area (TPSA) is 65.0 Å². The lowest BCUT2D eigenvalue weighted by molar-refractivity contribution is -0.144. The van der Waals surface area contributed by atoms with Crippen molar-refractivity contribution in [2.75, 3.05) is 13.7 Å². The van der Waals surface area contributed by atoms with E-state index < -0.39 is 11.9 Å². The van der Waals surface area contributed by atoms with E-state index in [2.05, 4.69) is 5.16 Å². The molecule has 0 aromatic heterocycles. The van der Waals surface area contributed by atoms with E-state index in [4.69, 9.17) is 9.57 Å². The van der Waals surface area contributed by atoms with Gasteiger partial charge in [-0.2, -0.15) is 0 Å². The van der Waals surface area contributed by atoms with Gasteiger partial charge in [-0.15, -0.1) is 0 Å². The van der Waals surface area contributed by atoms with Gasteiger partial charge in [0.1, 0.15) is 12.8 Å². The number of fused-ring (bicyclic) bond motifs is 1. The van der Waals surface area contributed by atoms with Gasteiger partial charge in [-0.25, -0.2) is 0 Å². The van der Waals surface area contributed by atoms with E-state index in [1.807, 2.05) is 0 Å². The Balaban J connectivity index is 2.47. The molecule has 0 spiro atoms. The quantitative estimate of drug-likeness (QED) is 0.460. The Hall–Kier alpha value is -2.17. The highest BCUT2D eigenvalue weighted by molar-refractivity contribution is 6.36. The number of hydrogen-bond acceptors (Lipinski definition) is 5. The van der Waals surface area contributed by atoms with Crippen molar-refractivity contribution >= 4 is 17.5 Å². The van der Waals surface area contributed by atoms with Crippen molar-refractivity contribution in [3.8, 4) is 0 Å². The van der Waals surface area contributed by atoms with Crippen molar-refractivity contribution in [3.05, 3.63) is 35.4 Å². The number of nitrogens with zero attached hydrogens (tertiary/aromatic N) is 1. The van der Waals surface area contributed by atoms with Crippen molar-refractivity contribution in [2.24, 2.45) is 11.1 Å². The molecule has 0 radical (unpaired) electrons. The van der Waals surface area contributed by atoms with Crippen LogP contribution in [0.4, 0.5) is 0 Å². The Morgan fingerprint density at radius 1 is 1.33 bits per heavy atom. The largest absolute Gasteiger partial charge is 0.465 e. The zero-order valence-corrected chi connectivity index (χ0v) is 10.2. The molecule has 1 aliphatic rings. The van der Waals surface area contributed by atoms with Crippen LogP contribution in [0.15, 0.2) is 29.4 Å². The first-order valence-corrected chi connectivity index (χ1v) is 5.62. The molecule has 1 aliphatic carbocycles. The van der Waals surface area contributed by atoms with Crippen LogP contribution in [0.1, 0.15) is 22.8 Å². The molecule has 0 N–H and O–H groups in total. The predicted octanol–water partition coefficient (Wildman–Crippen LogP) is 1.41. The summed E-state index contributed by atoms with van der Waals surface area (Å²) in [7, 11) is 1.38. The minimum atomic E-state index is -1.01. The van der Waals surface area contributed by atoms with Gasteiger partial charge in [0, 0.05) is 11.1 Å². The molecule has 0 aliphatic heterocycles. The number of Topliss-reactive ketones (excluding diaryl/α,β-unsaturated/α-hetero) is 1. The second-order valence-electron chi connectivity index (χ2n) is 3.75. The normalized spacial score (nSPS) is 19.8. The van der Waals surface area contributed by atoms with Crippen molar-refractivity contribution in [1.82, 2.24) is 0 Å². The molecule has 0 heterocycles. The van der Waals surface area contributed by atoms with E-state index in [-0.39, 0.29) is 12.4 Å². The van der Waals surface area contributed by atoms with E-state index in [1.165, 1.54) is 7.11 Å². The standard InChI is InChI=1S/C13H13NO4/c1-3-18-13(16)10-11(14-17-2)8-6-4-5-7-9(8)12(10)15/h4-7,10H,3H2,1-2H3/b14-11+. The van der Waals surface area contributed by atoms with Gasteiger partial charge >= 0.3 is 5.97 Å². The smallest absolute Gasteiger partial charge is 0.323 e. The number of rotatable bonds is 3. The lowest BCUT2D eigenvalue weighted by Gasteiger charge is -2.08. The van der Waals surface area contributed by atoms with Crippen molar-refractivity contribution in [1.29, 1.82) is 0 Å². The second-order valence-corrected chi connectivity index (χ2v) is 3.75. The van der Waals surface area contributed by atoms with Crippen LogP contribution >= 0.6 is 0 Å². The fourth-order valence-corrected chi connectivity index (χ4v) is 2.00. The summed E-state index contributed by atoms with van der Waals surface area (Å²) in [6, 6.07) is 6.94. The first-order valence-electron chi connectivity index (χ1n) is 5.62. The van der Waals surface area contributed by atoms with Gasteiger partial charge in [0.05, 0.1) is 6.61 Å². The Labute approximate surface area is 104 Å². The molecule has 0 saturated carbocycles. The van der Waals surface area contributed by atoms with Crippen LogP contribution in [0, 0.1) is 5.92 Å². The lowest BCUT2D eigenvalue weighted by Crippen LogP contribution is -2.28. The lowest BCUT2D eigenvalue weighted by atomic mass is 10.0. The number of hydrogen-bond donors (Lipinski definition) is 0. The molecule has 0 saturated heterocycles. The second kappa shape index (κ2) is 5.00. The molecular formula is C13H13NO4. The van der Waals surface area contributed by atoms with Gasteiger partial charge in [0.15, 0.2) is 11.7 Å². The van der Waals surface area contributed by atoms with Crippen molar-refractivity contribution < 1.29 is 19.2 Å². The van der Waals surface area contributed by atoms with Gasteiger partial charge in [-0.05, 0) is 6.92 Å². The van der Waals surface area contributed by atoms with Crippen LogP contribution in [0.5, 0.6) is 0 Å². The molecule has 0 fully saturated rings. The van der Waals surface area contributed by atoms with Gasteiger partial charge < -0.3 is 9.57 Å². The first-order chi connectivity index (χ1) is 8.70. The molecule has 2 rings (SSSR count). The molecule has 1 atom stereocenters. The molecular weight excluding hydrogens is 234 g/mol. The Morgan fingerprint density at radius 2 is 2.00 bits per heavy atom. The average Bonchev–Trinajstić information content (AvgIpc) is 2.65. The summed E-state index contributed by atoms with van der Waals surface area (Å²) in [5.74, 6) is -1.89. The third-order valence-corrected chi connectivity index (χ3v) is 2.72. The molecule has 0 amide bonds. The highest BCUT2D eigenvalue weighted by Gasteiger charge is 2.43. The van der Waals surface area contributed by atoms with Crippen LogP contribution in [0.3, 0.4) is 0 Å². The Bertz CT molecular complexity index is 521. The number of ether oxygens (including phenoxy) is 1. The molecule has 5 nitrogen and oxygen atoms in total. The van der Waals surface area contributed by atoms with E-state index in [1.54, 1.807) is 31.2 Å². The number of esters is 1. The molecule has 94 valence electrons. The van der Waals surface area contributed by atoms with Gasteiger partial charge in [-0.3, -0.25) is 9.59 Å². The summed E-state index contributed by atoms with van der Waals surface area (Å²) in [5.41, 5.74) is 1.42. The predicted molar refractivity (Wildman–Crippen MR) is 64.4 cm³/mol. The Kier molecular flexibility index (Phi) is 3.41. The molecule has 0 bridgehead atoms. The van der Waals surface area contributed by atoms with Gasteiger partial charge in [0.25, 0.3) is 0 Å². The molecule has 5 heteroatoms. The summed E-state index contributed by atoms with van der Waals surface area (Å²) in [4.78, 5) is 28.7. The van der Waals surface area contributed by atoms with Gasteiger partial charge in [0.2, 0.25) is 0 Å². The zero-order valence-electron chi connectivity index (χ0n) is 10.2. The van der Waals surface area contributed by atoms with E-state index >= 15 is 0 Å². The van der Waals surface area contributed by atoms with E-state index in [0.717, 1.165) is 0 Å². The summed E-state index contributed by atoms with van der Waals surface area (Å²) >= 11 is 0. The summed E-state index contributed by atoms with van der Waals surface area (Å²) in [5, 5.41) is 3.80. The molecule has 1 unspecified atom stereocenters. The number of ketones is 1. The van der Waals surface area contributed by atoms with E-state index in [0.29, 0.717) is 16.8 Å². The molecule has 18 heavy (non-hydrogen) atoms. The minimum absolute atomic E-state index is 0.221. The summed E-state index contributed by atoms with van der Waals surface area (Å²) < 4.78 is 4.91. The number of carbonyl (C=O) groups is 2. The monoisotopic (exact) mass is 247 g/mol. The number of carbonyl (C=O) groups excluding carboxylic acids is 2. The van der Waals surface area contributed by atoms with Crippen LogP contribution in [-0.4, -0.2) is 31.2 Å². The fraction of sp³-hybridized carbons (Fsp3) is 0.308. The first kappa shape index (κ1) is 12.3. The van der Waals surface area contributed by atoms with E-state index in [9.17, 15) is 9.59 Å². The number of benzene rings is 1. The number of oxime groups is 1. The highest BCUT2D eigenvalue weighted by atomic mass is 16.6. The van der Waals surface area contributed by atoms with Crippen LogP contribution in [0.25, 0.3) is 0 Å². The molecule has 1 aromatic rings. The SMILES string of the molecule is CCOC(=O)C1C(=O)c2ccccc2/C1=N\OC. The fourth-order valence-electron chi connectivity index (χ4n) is 2.00. The zero-order chi connectivity index (χ0) is 13.1. The summed E-state index contributed by atoms with van der Waals surface area (Å²) in [6.45, 7) is 1.91. The maximum Gasteiger partial charge on any atom is 0.323 e. The maximum atomic E-state index is 12.2. The Morgan fingerprint density at radius 3 is 2.61 bits per heavy atom. The van der Waals surface area contributed by atoms with Crippen LogP contribution < -0.4 is 0 Å². The third-order valence-electron chi connectivity index (χ3n) is 2.72. The minimum Gasteiger partial charge on any atom is -0.465 e. The van der Waals surface area contributed by atoms with Gasteiger partial charge in [-0.1, -0.05) is 29.4 Å². The van der Waals surface area contributed by atoms with Crippen molar-refractivity contribution in [2.45, 2.75) is 6.92 Å². The maximum absolute atomic E-state index is 12.2. The summed E-state index contributed by atoms with van der Waals surface area (Å²) in [6.07, 6.45) is 0. The third kappa shape index (κ3) is 1.88.